The van der Waals surface area contributed by atoms with Crippen LogP contribution in [-0.2, 0) is 11.3 Å². The molecular weight excluding hydrogens is 278 g/mol. The molecule has 20 heavy (non-hydrogen) atoms. The molecule has 2 rings (SSSR count). The zero-order valence-corrected chi connectivity index (χ0v) is 12.7. The van der Waals surface area contributed by atoms with E-state index in [1.54, 1.807) is 0 Å². The Morgan fingerprint density at radius 3 is 2.90 bits per heavy atom. The smallest absolute Gasteiger partial charge is 0.320 e. The first-order valence-corrected chi connectivity index (χ1v) is 6.78. The molecule has 5 heteroatoms. The van der Waals surface area contributed by atoms with Gasteiger partial charge in [-0.2, -0.15) is 0 Å². The van der Waals surface area contributed by atoms with Gasteiger partial charge < -0.3 is 9.84 Å². The molecule has 1 unspecified atom stereocenters. The maximum absolute atomic E-state index is 11.1. The standard InChI is InChI=1S/C15H21NO3.ClH/c1-11(2)19-13-6-3-5-12(9-13)10-16-8-4-7-14(16)15(17)18;/h3,5-6,9,11,14H,4,7-8,10H2,1-2H3,(H,17,18);1H. The summed E-state index contributed by atoms with van der Waals surface area (Å²) in [6.45, 7) is 5.51. The van der Waals surface area contributed by atoms with Crippen LogP contribution >= 0.6 is 12.4 Å². The van der Waals surface area contributed by atoms with Crippen LogP contribution in [0.25, 0.3) is 0 Å². The van der Waals surface area contributed by atoms with Gasteiger partial charge in [-0.1, -0.05) is 12.1 Å². The van der Waals surface area contributed by atoms with Crippen molar-refractivity contribution >= 4 is 18.4 Å². The lowest BCUT2D eigenvalue weighted by Crippen LogP contribution is -2.35. The molecule has 0 amide bonds. The van der Waals surface area contributed by atoms with Gasteiger partial charge in [0.2, 0.25) is 0 Å². The van der Waals surface area contributed by atoms with Crippen molar-refractivity contribution in [3.05, 3.63) is 29.8 Å². The number of hydrogen-bond donors (Lipinski definition) is 1. The quantitative estimate of drug-likeness (QED) is 0.908. The minimum Gasteiger partial charge on any atom is -0.491 e. The van der Waals surface area contributed by atoms with Crippen molar-refractivity contribution in [3.63, 3.8) is 0 Å². The summed E-state index contributed by atoms with van der Waals surface area (Å²) in [5, 5.41) is 9.17. The molecule has 0 aliphatic carbocycles. The van der Waals surface area contributed by atoms with E-state index in [1.165, 1.54) is 0 Å². The zero-order chi connectivity index (χ0) is 13.8. The van der Waals surface area contributed by atoms with E-state index in [2.05, 4.69) is 0 Å². The van der Waals surface area contributed by atoms with Crippen LogP contribution in [0.4, 0.5) is 0 Å². The van der Waals surface area contributed by atoms with E-state index in [1.807, 2.05) is 43.0 Å². The van der Waals surface area contributed by atoms with Gasteiger partial charge in [0.15, 0.2) is 0 Å². The molecule has 4 nitrogen and oxygen atoms in total. The van der Waals surface area contributed by atoms with E-state index in [0.717, 1.165) is 30.7 Å². The van der Waals surface area contributed by atoms with Crippen molar-refractivity contribution in [2.24, 2.45) is 0 Å². The highest BCUT2D eigenvalue weighted by Crippen LogP contribution is 2.22. The summed E-state index contributed by atoms with van der Waals surface area (Å²) in [6.07, 6.45) is 1.85. The Hall–Kier alpha value is -1.26. The number of carboxylic acid groups (broad SMARTS) is 1. The summed E-state index contributed by atoms with van der Waals surface area (Å²) in [6, 6.07) is 7.57. The SMILES string of the molecule is CC(C)Oc1cccc(CN2CCCC2C(=O)O)c1.Cl. The zero-order valence-electron chi connectivity index (χ0n) is 11.9. The van der Waals surface area contributed by atoms with E-state index in [0.29, 0.717) is 6.54 Å². The summed E-state index contributed by atoms with van der Waals surface area (Å²) in [7, 11) is 0. The molecule has 0 saturated carbocycles. The Kier molecular flexibility index (Phi) is 6.30. The third kappa shape index (κ3) is 4.39. The molecule has 1 aromatic carbocycles. The summed E-state index contributed by atoms with van der Waals surface area (Å²) in [4.78, 5) is 13.2. The molecule has 1 saturated heterocycles. The fourth-order valence-corrected chi connectivity index (χ4v) is 2.52. The number of nitrogens with zero attached hydrogens (tertiary/aromatic N) is 1. The highest BCUT2D eigenvalue weighted by atomic mass is 35.5. The van der Waals surface area contributed by atoms with Gasteiger partial charge in [-0.25, -0.2) is 0 Å². The van der Waals surface area contributed by atoms with E-state index in [4.69, 9.17) is 9.84 Å². The van der Waals surface area contributed by atoms with Crippen molar-refractivity contribution < 1.29 is 14.6 Å². The largest absolute Gasteiger partial charge is 0.491 e. The maximum atomic E-state index is 11.1. The number of halogens is 1. The van der Waals surface area contributed by atoms with E-state index >= 15 is 0 Å². The van der Waals surface area contributed by atoms with Gasteiger partial charge in [-0.05, 0) is 50.9 Å². The van der Waals surface area contributed by atoms with Crippen LogP contribution < -0.4 is 4.74 Å². The number of aliphatic carboxylic acids is 1. The first-order valence-electron chi connectivity index (χ1n) is 6.78. The van der Waals surface area contributed by atoms with Gasteiger partial charge in [-0.3, -0.25) is 9.69 Å². The highest BCUT2D eigenvalue weighted by Gasteiger charge is 2.30. The Balaban J connectivity index is 0.00000200. The van der Waals surface area contributed by atoms with Crippen LogP contribution in [0.3, 0.4) is 0 Å². The number of rotatable bonds is 5. The minimum absolute atomic E-state index is 0. The first-order chi connectivity index (χ1) is 9.06. The Bertz CT molecular complexity index is 450. The molecule has 1 heterocycles. The molecule has 1 aliphatic rings. The van der Waals surface area contributed by atoms with Gasteiger partial charge in [-0.15, -0.1) is 12.4 Å². The van der Waals surface area contributed by atoms with E-state index in [9.17, 15) is 4.79 Å². The summed E-state index contributed by atoms with van der Waals surface area (Å²) in [5.41, 5.74) is 1.10. The van der Waals surface area contributed by atoms with Crippen LogP contribution in [0.15, 0.2) is 24.3 Å². The fourth-order valence-electron chi connectivity index (χ4n) is 2.52. The van der Waals surface area contributed by atoms with Crippen LogP contribution in [0.2, 0.25) is 0 Å². The molecule has 0 bridgehead atoms. The lowest BCUT2D eigenvalue weighted by atomic mass is 10.1. The number of likely N-dealkylation sites (tertiary alicyclic amines) is 1. The minimum atomic E-state index is -0.716. The number of carbonyl (C=O) groups is 1. The molecule has 1 aromatic rings. The van der Waals surface area contributed by atoms with Crippen LogP contribution in [0, 0.1) is 0 Å². The Morgan fingerprint density at radius 2 is 2.25 bits per heavy atom. The van der Waals surface area contributed by atoms with Crippen molar-refractivity contribution in [2.75, 3.05) is 6.54 Å². The predicted octanol–water partition coefficient (Wildman–Crippen LogP) is 2.94. The molecule has 0 spiro atoms. The van der Waals surface area contributed by atoms with Crippen LogP contribution in [0.5, 0.6) is 5.75 Å². The number of hydrogen-bond acceptors (Lipinski definition) is 3. The van der Waals surface area contributed by atoms with Crippen molar-refractivity contribution in [1.82, 2.24) is 4.90 Å². The fraction of sp³-hybridized carbons (Fsp3) is 0.533. The second-order valence-electron chi connectivity index (χ2n) is 5.28. The lowest BCUT2D eigenvalue weighted by Gasteiger charge is -2.21. The predicted molar refractivity (Wildman–Crippen MR) is 80.5 cm³/mol. The van der Waals surface area contributed by atoms with Crippen molar-refractivity contribution in [2.45, 2.75) is 45.4 Å². The van der Waals surface area contributed by atoms with Crippen LogP contribution in [-0.4, -0.2) is 34.7 Å². The normalized spacial score (nSPS) is 18.9. The summed E-state index contributed by atoms with van der Waals surface area (Å²) in [5.74, 6) is 0.130. The average Bonchev–Trinajstić information content (AvgIpc) is 2.76. The summed E-state index contributed by atoms with van der Waals surface area (Å²) < 4.78 is 5.66. The number of carboxylic acids is 1. The highest BCUT2D eigenvalue weighted by molar-refractivity contribution is 5.85. The molecule has 1 atom stereocenters. The van der Waals surface area contributed by atoms with Crippen molar-refractivity contribution in [1.29, 1.82) is 0 Å². The Labute approximate surface area is 126 Å². The third-order valence-electron chi connectivity index (χ3n) is 3.30. The molecule has 112 valence electrons. The summed E-state index contributed by atoms with van der Waals surface area (Å²) >= 11 is 0. The molecule has 0 aromatic heterocycles. The van der Waals surface area contributed by atoms with Gasteiger partial charge >= 0.3 is 5.97 Å². The average molecular weight is 300 g/mol. The topological polar surface area (TPSA) is 49.8 Å². The first kappa shape index (κ1) is 16.8. The number of ether oxygens (including phenoxy) is 1. The molecule has 1 N–H and O–H groups in total. The molecule has 1 fully saturated rings. The second-order valence-corrected chi connectivity index (χ2v) is 5.28. The molecule has 0 radical (unpaired) electrons. The third-order valence-corrected chi connectivity index (χ3v) is 3.30. The van der Waals surface area contributed by atoms with Crippen molar-refractivity contribution in [3.8, 4) is 5.75 Å². The van der Waals surface area contributed by atoms with Gasteiger partial charge in [0.05, 0.1) is 6.10 Å². The second kappa shape index (κ2) is 7.50. The Morgan fingerprint density at radius 1 is 1.50 bits per heavy atom. The van der Waals surface area contributed by atoms with Crippen LogP contribution in [0.1, 0.15) is 32.3 Å². The monoisotopic (exact) mass is 299 g/mol. The lowest BCUT2D eigenvalue weighted by molar-refractivity contribution is -0.142. The van der Waals surface area contributed by atoms with E-state index < -0.39 is 5.97 Å². The molecule has 1 aliphatic heterocycles. The van der Waals surface area contributed by atoms with Gasteiger partial charge in [0.25, 0.3) is 0 Å². The van der Waals surface area contributed by atoms with E-state index in [-0.39, 0.29) is 24.6 Å². The molecular formula is C15H22ClNO3. The van der Waals surface area contributed by atoms with Gasteiger partial charge in [0.1, 0.15) is 11.8 Å². The van der Waals surface area contributed by atoms with Gasteiger partial charge in [0, 0.05) is 6.54 Å². The number of benzene rings is 1. The maximum Gasteiger partial charge on any atom is 0.320 e.